The van der Waals surface area contributed by atoms with Gasteiger partial charge in [-0.15, -0.1) is 11.8 Å². The lowest BCUT2D eigenvalue weighted by Crippen LogP contribution is -2.37. The van der Waals surface area contributed by atoms with Crippen LogP contribution in [0.15, 0.2) is 47.4 Å². The van der Waals surface area contributed by atoms with Gasteiger partial charge in [0.05, 0.1) is 17.9 Å². The van der Waals surface area contributed by atoms with Crippen LogP contribution in [-0.4, -0.2) is 36.7 Å². The van der Waals surface area contributed by atoms with Crippen LogP contribution < -0.4 is 10.2 Å². The van der Waals surface area contributed by atoms with Crippen molar-refractivity contribution in [2.24, 2.45) is 0 Å². The zero-order valence-electron chi connectivity index (χ0n) is 15.2. The Morgan fingerprint density at radius 3 is 2.82 bits per heavy atom. The van der Waals surface area contributed by atoms with Gasteiger partial charge in [0.2, 0.25) is 5.91 Å². The molecule has 0 spiro atoms. The van der Waals surface area contributed by atoms with Crippen molar-refractivity contribution >= 4 is 52.5 Å². The Morgan fingerprint density at radius 1 is 1.25 bits per heavy atom. The minimum Gasteiger partial charge on any atom is -0.456 e. The summed E-state index contributed by atoms with van der Waals surface area (Å²) in [5.74, 6) is -0.705. The quantitative estimate of drug-likeness (QED) is 0.724. The molecule has 2 aromatic carbocycles. The molecule has 0 radical (unpaired) electrons. The Balaban J connectivity index is 1.47. The molecule has 2 amide bonds. The van der Waals surface area contributed by atoms with E-state index in [1.54, 1.807) is 23.1 Å². The monoisotopic (exact) mass is 418 g/mol. The van der Waals surface area contributed by atoms with E-state index in [1.807, 2.05) is 31.2 Å². The zero-order valence-corrected chi connectivity index (χ0v) is 16.8. The number of esters is 1. The van der Waals surface area contributed by atoms with Crippen molar-refractivity contribution in [3.8, 4) is 0 Å². The molecule has 1 N–H and O–H groups in total. The normalized spacial score (nSPS) is 13.1. The minimum absolute atomic E-state index is 0.00831. The SMILES string of the molecule is Cc1ccc(NC(=O)COC(=O)CCN2C(=O)CSc3ccccc32)cc1Cl. The highest BCUT2D eigenvalue weighted by atomic mass is 35.5. The number of carbonyl (C=O) groups excluding carboxylic acids is 3. The summed E-state index contributed by atoms with van der Waals surface area (Å²) >= 11 is 7.50. The molecule has 0 aliphatic carbocycles. The van der Waals surface area contributed by atoms with Crippen molar-refractivity contribution in [2.45, 2.75) is 18.2 Å². The van der Waals surface area contributed by atoms with Crippen LogP contribution in [-0.2, 0) is 19.1 Å². The first-order chi connectivity index (χ1) is 13.4. The molecule has 1 aliphatic rings. The number of hydrogen-bond acceptors (Lipinski definition) is 5. The lowest BCUT2D eigenvalue weighted by Gasteiger charge is -2.28. The van der Waals surface area contributed by atoms with Gasteiger partial charge in [-0.25, -0.2) is 0 Å². The van der Waals surface area contributed by atoms with Crippen LogP contribution in [0.1, 0.15) is 12.0 Å². The number of ether oxygens (including phenoxy) is 1. The van der Waals surface area contributed by atoms with Gasteiger partial charge in [-0.2, -0.15) is 0 Å². The van der Waals surface area contributed by atoms with Crippen LogP contribution in [0.5, 0.6) is 0 Å². The predicted octanol–water partition coefficient (Wildman–Crippen LogP) is 3.66. The molecule has 0 saturated heterocycles. The Morgan fingerprint density at radius 2 is 2.04 bits per heavy atom. The summed E-state index contributed by atoms with van der Waals surface area (Å²) in [5.41, 5.74) is 2.23. The number of nitrogens with zero attached hydrogens (tertiary/aromatic N) is 1. The van der Waals surface area contributed by atoms with E-state index in [4.69, 9.17) is 16.3 Å². The van der Waals surface area contributed by atoms with Gasteiger partial charge in [0.1, 0.15) is 0 Å². The number of aryl methyl sites for hydroxylation is 1. The maximum atomic E-state index is 12.2. The topological polar surface area (TPSA) is 75.7 Å². The lowest BCUT2D eigenvalue weighted by molar-refractivity contribution is -0.147. The first-order valence-electron chi connectivity index (χ1n) is 8.68. The number of benzene rings is 2. The summed E-state index contributed by atoms with van der Waals surface area (Å²) in [6, 6.07) is 12.7. The third-order valence-corrected chi connectivity index (χ3v) is 5.62. The molecule has 0 saturated carbocycles. The molecule has 146 valence electrons. The maximum absolute atomic E-state index is 12.2. The molecule has 28 heavy (non-hydrogen) atoms. The standard InChI is InChI=1S/C20H19ClN2O4S/c1-13-6-7-14(10-15(13)21)22-18(24)11-27-20(26)8-9-23-16-4-2-3-5-17(16)28-12-19(23)25/h2-7,10H,8-9,11-12H2,1H3,(H,22,24). The number of fused-ring (bicyclic) bond motifs is 1. The largest absolute Gasteiger partial charge is 0.456 e. The van der Waals surface area contributed by atoms with Gasteiger partial charge >= 0.3 is 5.97 Å². The van der Waals surface area contributed by atoms with Gasteiger partial charge in [0.15, 0.2) is 6.61 Å². The Bertz CT molecular complexity index is 919. The molecule has 0 atom stereocenters. The van der Waals surface area contributed by atoms with Crippen LogP contribution in [0.4, 0.5) is 11.4 Å². The second-order valence-corrected chi connectivity index (χ2v) is 7.65. The minimum atomic E-state index is -0.541. The van der Waals surface area contributed by atoms with Crippen molar-refractivity contribution in [1.82, 2.24) is 0 Å². The highest BCUT2D eigenvalue weighted by Gasteiger charge is 2.25. The Kier molecular flexibility index (Phi) is 6.59. The second kappa shape index (κ2) is 9.12. The number of halogens is 1. The molecule has 0 bridgehead atoms. The molecular weight excluding hydrogens is 400 g/mol. The molecule has 0 aromatic heterocycles. The fourth-order valence-electron chi connectivity index (χ4n) is 2.69. The number of nitrogens with one attached hydrogen (secondary N) is 1. The maximum Gasteiger partial charge on any atom is 0.308 e. The van der Waals surface area contributed by atoms with Crippen molar-refractivity contribution in [2.75, 3.05) is 29.1 Å². The summed E-state index contributed by atoms with van der Waals surface area (Å²) in [4.78, 5) is 38.7. The highest BCUT2D eigenvalue weighted by molar-refractivity contribution is 8.00. The fourth-order valence-corrected chi connectivity index (χ4v) is 3.80. The average Bonchev–Trinajstić information content (AvgIpc) is 2.68. The number of rotatable bonds is 6. The van der Waals surface area contributed by atoms with Gasteiger partial charge in [-0.3, -0.25) is 14.4 Å². The average molecular weight is 419 g/mol. The summed E-state index contributed by atoms with van der Waals surface area (Å²) in [5, 5.41) is 3.16. The number of para-hydroxylation sites is 1. The lowest BCUT2D eigenvalue weighted by atomic mass is 10.2. The van der Waals surface area contributed by atoms with E-state index in [2.05, 4.69) is 5.32 Å². The molecule has 6 nitrogen and oxygen atoms in total. The fraction of sp³-hybridized carbons (Fsp3) is 0.250. The van der Waals surface area contributed by atoms with E-state index in [-0.39, 0.29) is 18.9 Å². The molecule has 1 heterocycles. The summed E-state index contributed by atoms with van der Waals surface area (Å²) < 4.78 is 5.02. The van der Waals surface area contributed by atoms with Crippen LogP contribution in [0.25, 0.3) is 0 Å². The van der Waals surface area contributed by atoms with Gasteiger partial charge < -0.3 is 15.0 Å². The van der Waals surface area contributed by atoms with E-state index < -0.39 is 18.5 Å². The van der Waals surface area contributed by atoms with Gasteiger partial charge in [-0.05, 0) is 36.8 Å². The number of amides is 2. The summed E-state index contributed by atoms with van der Waals surface area (Å²) in [6.07, 6.45) is 0.00831. The van der Waals surface area contributed by atoms with Crippen molar-refractivity contribution in [3.05, 3.63) is 53.1 Å². The summed E-state index contributed by atoms with van der Waals surface area (Å²) in [6.45, 7) is 1.68. The van der Waals surface area contributed by atoms with Gasteiger partial charge in [-0.1, -0.05) is 29.8 Å². The van der Waals surface area contributed by atoms with Gasteiger partial charge in [0.25, 0.3) is 5.91 Å². The van der Waals surface area contributed by atoms with Crippen molar-refractivity contribution < 1.29 is 19.1 Å². The number of anilines is 2. The van der Waals surface area contributed by atoms with Crippen LogP contribution >= 0.6 is 23.4 Å². The Hall–Kier alpha value is -2.51. The predicted molar refractivity (Wildman–Crippen MR) is 110 cm³/mol. The summed E-state index contributed by atoms with van der Waals surface area (Å²) in [7, 11) is 0. The Labute approximate surface area is 172 Å². The molecule has 2 aromatic rings. The highest BCUT2D eigenvalue weighted by Crippen LogP contribution is 2.34. The van der Waals surface area contributed by atoms with Crippen molar-refractivity contribution in [3.63, 3.8) is 0 Å². The third-order valence-electron chi connectivity index (χ3n) is 4.17. The van der Waals surface area contributed by atoms with Crippen LogP contribution in [0.2, 0.25) is 5.02 Å². The molecule has 3 rings (SSSR count). The van der Waals surface area contributed by atoms with E-state index in [0.717, 1.165) is 16.1 Å². The smallest absolute Gasteiger partial charge is 0.308 e. The first-order valence-corrected chi connectivity index (χ1v) is 10.0. The van der Waals surface area contributed by atoms with Gasteiger partial charge in [0, 0.05) is 22.2 Å². The molecule has 0 fully saturated rings. The van der Waals surface area contributed by atoms with E-state index in [0.29, 0.717) is 16.5 Å². The second-order valence-electron chi connectivity index (χ2n) is 6.22. The first kappa shape index (κ1) is 20.2. The van der Waals surface area contributed by atoms with E-state index >= 15 is 0 Å². The van der Waals surface area contributed by atoms with Crippen molar-refractivity contribution in [1.29, 1.82) is 0 Å². The number of carbonyl (C=O) groups is 3. The third kappa shape index (κ3) is 5.05. The number of hydrogen-bond donors (Lipinski definition) is 1. The van der Waals surface area contributed by atoms with Crippen LogP contribution in [0, 0.1) is 6.92 Å². The molecule has 8 heteroatoms. The van der Waals surface area contributed by atoms with Crippen LogP contribution in [0.3, 0.4) is 0 Å². The van der Waals surface area contributed by atoms with E-state index in [1.165, 1.54) is 11.8 Å². The molecule has 1 aliphatic heterocycles. The molecular formula is C20H19ClN2O4S. The number of thioether (sulfide) groups is 1. The molecule has 0 unspecified atom stereocenters. The van der Waals surface area contributed by atoms with E-state index in [9.17, 15) is 14.4 Å². The zero-order chi connectivity index (χ0) is 20.1.